The highest BCUT2D eigenvalue weighted by molar-refractivity contribution is 5.91. The number of likely N-dealkylation sites (tertiary alicyclic amines) is 1. The van der Waals surface area contributed by atoms with Crippen LogP contribution in [-0.4, -0.2) is 70.4 Å². The summed E-state index contributed by atoms with van der Waals surface area (Å²) < 4.78 is 0. The standard InChI is InChI=1S/C23H41N3O4/c1-9-17(14-16(4)22(29)30)25(8)21(28)19(23(5,6)7)24-20(27)18-12-10-11-13-26(18)15(2)3/h14-15,17-19H,9-13H2,1-8H3,(H,24,27)(H,29,30)/b16-14+/t17-,18?,19+/m0/s1. The SMILES string of the molecule is CC[C@@H](/C=C(\C)C(=O)O)N(C)C(=O)[C@@H](NC(=O)C1CCCCN1C(C)C)C(C)(C)C. The Morgan fingerprint density at radius 2 is 1.83 bits per heavy atom. The number of aliphatic carboxylic acids is 1. The number of hydrogen-bond acceptors (Lipinski definition) is 4. The van der Waals surface area contributed by atoms with Crippen LogP contribution in [0.2, 0.25) is 0 Å². The van der Waals surface area contributed by atoms with E-state index >= 15 is 0 Å². The minimum Gasteiger partial charge on any atom is -0.478 e. The molecular formula is C23H41N3O4. The zero-order valence-corrected chi connectivity index (χ0v) is 20.0. The molecule has 1 heterocycles. The topological polar surface area (TPSA) is 90.0 Å². The fourth-order valence-corrected chi connectivity index (χ4v) is 3.97. The summed E-state index contributed by atoms with van der Waals surface area (Å²) in [5, 5.41) is 12.2. The quantitative estimate of drug-likeness (QED) is 0.586. The minimum absolute atomic E-state index is 0.101. The van der Waals surface area contributed by atoms with Gasteiger partial charge in [0.1, 0.15) is 6.04 Å². The number of carbonyl (C=O) groups excluding carboxylic acids is 2. The van der Waals surface area contributed by atoms with Crippen molar-refractivity contribution in [3.05, 3.63) is 11.6 Å². The van der Waals surface area contributed by atoms with Crippen molar-refractivity contribution in [1.29, 1.82) is 0 Å². The molecule has 1 aliphatic rings. The summed E-state index contributed by atoms with van der Waals surface area (Å²) in [5.74, 6) is -1.31. The predicted molar refractivity (Wildman–Crippen MR) is 119 cm³/mol. The van der Waals surface area contributed by atoms with E-state index < -0.39 is 17.4 Å². The van der Waals surface area contributed by atoms with Crippen LogP contribution in [0, 0.1) is 5.41 Å². The molecule has 0 aromatic carbocycles. The summed E-state index contributed by atoms with van der Waals surface area (Å²) in [6.07, 6.45) is 5.07. The van der Waals surface area contributed by atoms with Crippen molar-refractivity contribution >= 4 is 17.8 Å². The van der Waals surface area contributed by atoms with E-state index in [1.807, 2.05) is 27.7 Å². The minimum atomic E-state index is -0.999. The first kappa shape index (κ1) is 26.1. The summed E-state index contributed by atoms with van der Waals surface area (Å²) >= 11 is 0. The normalized spacial score (nSPS) is 20.6. The lowest BCUT2D eigenvalue weighted by Crippen LogP contribution is -2.60. The number of carboxylic acid groups (broad SMARTS) is 1. The molecule has 1 aliphatic heterocycles. The van der Waals surface area contributed by atoms with Gasteiger partial charge in [0, 0.05) is 18.7 Å². The maximum absolute atomic E-state index is 13.4. The molecule has 1 saturated heterocycles. The average molecular weight is 424 g/mol. The number of rotatable bonds is 8. The number of nitrogens with zero attached hydrogens (tertiary/aromatic N) is 2. The van der Waals surface area contributed by atoms with Gasteiger partial charge in [-0.25, -0.2) is 4.79 Å². The Morgan fingerprint density at radius 1 is 1.23 bits per heavy atom. The van der Waals surface area contributed by atoms with Gasteiger partial charge in [-0.15, -0.1) is 0 Å². The Hall–Kier alpha value is -1.89. The van der Waals surface area contributed by atoms with E-state index in [0.29, 0.717) is 6.42 Å². The van der Waals surface area contributed by atoms with E-state index in [1.165, 1.54) is 6.92 Å². The van der Waals surface area contributed by atoms with Gasteiger partial charge in [0.05, 0.1) is 12.1 Å². The van der Waals surface area contributed by atoms with Crippen LogP contribution in [0.3, 0.4) is 0 Å². The number of hydrogen-bond donors (Lipinski definition) is 2. The molecule has 0 aromatic rings. The molecule has 0 spiro atoms. The van der Waals surface area contributed by atoms with Crippen LogP contribution in [0.15, 0.2) is 11.6 Å². The maximum atomic E-state index is 13.4. The summed E-state index contributed by atoms with van der Waals surface area (Å²) in [7, 11) is 1.67. The fraction of sp³-hybridized carbons (Fsp3) is 0.783. The second kappa shape index (κ2) is 10.9. The molecule has 7 nitrogen and oxygen atoms in total. The fourth-order valence-electron chi connectivity index (χ4n) is 3.97. The van der Waals surface area contributed by atoms with Crippen molar-refractivity contribution < 1.29 is 19.5 Å². The van der Waals surface area contributed by atoms with Crippen LogP contribution in [0.25, 0.3) is 0 Å². The third-order valence-electron chi connectivity index (χ3n) is 5.95. The lowest BCUT2D eigenvalue weighted by Gasteiger charge is -2.40. The molecule has 172 valence electrons. The van der Waals surface area contributed by atoms with Gasteiger partial charge in [0.25, 0.3) is 0 Å². The van der Waals surface area contributed by atoms with E-state index in [-0.39, 0.29) is 35.5 Å². The van der Waals surface area contributed by atoms with Gasteiger partial charge in [-0.2, -0.15) is 0 Å². The van der Waals surface area contributed by atoms with Crippen LogP contribution in [0.5, 0.6) is 0 Å². The monoisotopic (exact) mass is 423 g/mol. The van der Waals surface area contributed by atoms with Crippen molar-refractivity contribution in [3.8, 4) is 0 Å². The summed E-state index contributed by atoms with van der Waals surface area (Å²) in [6.45, 7) is 14.3. The number of amides is 2. The molecule has 1 rings (SSSR count). The molecule has 30 heavy (non-hydrogen) atoms. The van der Waals surface area contributed by atoms with Crippen LogP contribution < -0.4 is 5.32 Å². The number of carboxylic acids is 1. The number of likely N-dealkylation sites (N-methyl/N-ethyl adjacent to an activating group) is 1. The van der Waals surface area contributed by atoms with Gasteiger partial charge >= 0.3 is 5.97 Å². The Morgan fingerprint density at radius 3 is 2.30 bits per heavy atom. The number of carbonyl (C=O) groups is 3. The molecule has 7 heteroatoms. The molecule has 0 aromatic heterocycles. The Balaban J connectivity index is 3.08. The zero-order valence-electron chi connectivity index (χ0n) is 20.0. The van der Waals surface area contributed by atoms with Crippen LogP contribution in [0.1, 0.15) is 74.1 Å². The van der Waals surface area contributed by atoms with Crippen LogP contribution >= 0.6 is 0 Å². The highest BCUT2D eigenvalue weighted by Crippen LogP contribution is 2.25. The Labute approximate surface area is 181 Å². The lowest BCUT2D eigenvalue weighted by atomic mass is 9.85. The number of piperidine rings is 1. The van der Waals surface area contributed by atoms with Crippen molar-refractivity contribution in [3.63, 3.8) is 0 Å². The largest absolute Gasteiger partial charge is 0.478 e. The molecule has 3 atom stereocenters. The maximum Gasteiger partial charge on any atom is 0.331 e. The highest BCUT2D eigenvalue weighted by Gasteiger charge is 2.39. The average Bonchev–Trinajstić information content (AvgIpc) is 2.67. The molecule has 1 fully saturated rings. The summed E-state index contributed by atoms with van der Waals surface area (Å²) in [5.41, 5.74) is -0.282. The van der Waals surface area contributed by atoms with E-state index in [0.717, 1.165) is 25.8 Å². The molecule has 1 unspecified atom stereocenters. The molecule has 0 bridgehead atoms. The van der Waals surface area contributed by atoms with Crippen molar-refractivity contribution in [2.75, 3.05) is 13.6 Å². The van der Waals surface area contributed by atoms with Crippen molar-refractivity contribution in [1.82, 2.24) is 15.1 Å². The molecule has 0 radical (unpaired) electrons. The predicted octanol–water partition coefficient (Wildman–Crippen LogP) is 3.05. The summed E-state index contributed by atoms with van der Waals surface area (Å²) in [4.78, 5) is 41.6. The highest BCUT2D eigenvalue weighted by atomic mass is 16.4. The molecule has 2 amide bonds. The summed E-state index contributed by atoms with van der Waals surface area (Å²) in [6, 6.07) is -1.00. The Kier molecular flexibility index (Phi) is 9.53. The van der Waals surface area contributed by atoms with E-state index in [9.17, 15) is 19.5 Å². The van der Waals surface area contributed by atoms with E-state index in [4.69, 9.17) is 0 Å². The van der Waals surface area contributed by atoms with Gasteiger partial charge in [0.15, 0.2) is 0 Å². The van der Waals surface area contributed by atoms with Gasteiger partial charge < -0.3 is 15.3 Å². The molecule has 2 N–H and O–H groups in total. The first-order valence-corrected chi connectivity index (χ1v) is 11.1. The third-order valence-corrected chi connectivity index (χ3v) is 5.95. The first-order chi connectivity index (χ1) is 13.8. The van der Waals surface area contributed by atoms with Crippen molar-refractivity contribution in [2.24, 2.45) is 5.41 Å². The number of nitrogens with one attached hydrogen (secondary N) is 1. The second-order valence-electron chi connectivity index (χ2n) is 9.73. The Bertz CT molecular complexity index is 651. The van der Waals surface area contributed by atoms with Gasteiger partial charge in [0.2, 0.25) is 11.8 Å². The van der Waals surface area contributed by atoms with Gasteiger partial charge in [-0.1, -0.05) is 40.2 Å². The zero-order chi connectivity index (χ0) is 23.2. The van der Waals surface area contributed by atoms with E-state index in [2.05, 4.69) is 24.1 Å². The second-order valence-corrected chi connectivity index (χ2v) is 9.73. The molecule has 0 saturated carbocycles. The van der Waals surface area contributed by atoms with Crippen LogP contribution in [0.4, 0.5) is 0 Å². The smallest absolute Gasteiger partial charge is 0.331 e. The third kappa shape index (κ3) is 6.83. The van der Waals surface area contributed by atoms with E-state index in [1.54, 1.807) is 18.0 Å². The van der Waals surface area contributed by atoms with Crippen molar-refractivity contribution in [2.45, 2.75) is 98.3 Å². The van der Waals surface area contributed by atoms with Crippen LogP contribution in [-0.2, 0) is 14.4 Å². The lowest BCUT2D eigenvalue weighted by molar-refractivity contribution is -0.141. The first-order valence-electron chi connectivity index (χ1n) is 11.1. The van der Waals surface area contributed by atoms with Gasteiger partial charge in [-0.05, 0) is 52.0 Å². The molecular weight excluding hydrogens is 382 g/mol. The van der Waals surface area contributed by atoms with Gasteiger partial charge in [-0.3, -0.25) is 14.5 Å². The molecule has 0 aliphatic carbocycles.